The number of thiazole rings is 1. The number of fused-ring (bicyclic) bond motifs is 1. The van der Waals surface area contributed by atoms with Gasteiger partial charge in [-0.15, -0.1) is 11.3 Å². The molecule has 0 saturated heterocycles. The van der Waals surface area contributed by atoms with Crippen molar-refractivity contribution >= 4 is 21.6 Å². The fourth-order valence-corrected chi connectivity index (χ4v) is 3.97. The van der Waals surface area contributed by atoms with Crippen LogP contribution in [0.5, 0.6) is 5.75 Å². The minimum Gasteiger partial charge on any atom is -0.489 e. The molecular formula is C24H23NOS. The van der Waals surface area contributed by atoms with Gasteiger partial charge in [0.15, 0.2) is 0 Å². The molecule has 3 heteroatoms. The Kier molecular flexibility index (Phi) is 4.71. The number of hydrogen-bond acceptors (Lipinski definition) is 3. The lowest BCUT2D eigenvalue weighted by Crippen LogP contribution is -2.10. The van der Waals surface area contributed by atoms with Gasteiger partial charge in [0.05, 0.1) is 10.2 Å². The molecule has 0 aliphatic heterocycles. The maximum absolute atomic E-state index is 5.99. The fraction of sp³-hybridized carbons (Fsp3) is 0.208. The Balaban J connectivity index is 1.49. The van der Waals surface area contributed by atoms with Crippen molar-refractivity contribution in [2.45, 2.75) is 32.8 Å². The van der Waals surface area contributed by atoms with E-state index in [2.05, 4.69) is 87.5 Å². The van der Waals surface area contributed by atoms with Crippen LogP contribution >= 0.6 is 11.3 Å². The van der Waals surface area contributed by atoms with Crippen molar-refractivity contribution in [2.75, 3.05) is 0 Å². The standard InChI is InChI=1S/C24H23NOS/c1-24(2,3)19-11-13-20(14-12-19)26-16-17-7-6-8-18(15-17)23-25-21-9-4-5-10-22(21)27-23/h4-15H,16H2,1-3H3. The van der Waals surface area contributed by atoms with Crippen LogP contribution in [0.15, 0.2) is 72.8 Å². The van der Waals surface area contributed by atoms with Crippen LogP contribution in [0.25, 0.3) is 20.8 Å². The number of aromatic nitrogens is 1. The average molecular weight is 374 g/mol. The Labute approximate surface area is 164 Å². The highest BCUT2D eigenvalue weighted by atomic mass is 32.1. The van der Waals surface area contributed by atoms with Crippen molar-refractivity contribution in [1.29, 1.82) is 0 Å². The summed E-state index contributed by atoms with van der Waals surface area (Å²) in [4.78, 5) is 4.75. The second-order valence-electron chi connectivity index (χ2n) is 7.75. The van der Waals surface area contributed by atoms with Crippen LogP contribution in [0.1, 0.15) is 31.9 Å². The first-order chi connectivity index (χ1) is 13.0. The van der Waals surface area contributed by atoms with Gasteiger partial charge >= 0.3 is 0 Å². The molecular weight excluding hydrogens is 350 g/mol. The van der Waals surface area contributed by atoms with Crippen molar-refractivity contribution in [3.8, 4) is 16.3 Å². The quantitative estimate of drug-likeness (QED) is 0.391. The molecule has 0 radical (unpaired) electrons. The van der Waals surface area contributed by atoms with Crippen LogP contribution in [0, 0.1) is 0 Å². The van der Waals surface area contributed by atoms with E-state index in [-0.39, 0.29) is 5.41 Å². The topological polar surface area (TPSA) is 22.1 Å². The van der Waals surface area contributed by atoms with E-state index in [1.807, 2.05) is 6.07 Å². The van der Waals surface area contributed by atoms with Crippen LogP contribution < -0.4 is 4.74 Å². The summed E-state index contributed by atoms with van der Waals surface area (Å²) >= 11 is 1.73. The summed E-state index contributed by atoms with van der Waals surface area (Å²) in [7, 11) is 0. The Hall–Kier alpha value is -2.65. The zero-order chi connectivity index (χ0) is 18.9. The molecule has 0 aliphatic carbocycles. The molecule has 0 unspecified atom stereocenters. The van der Waals surface area contributed by atoms with E-state index in [1.165, 1.54) is 10.3 Å². The molecule has 0 atom stereocenters. The maximum Gasteiger partial charge on any atom is 0.124 e. The first kappa shape index (κ1) is 17.7. The Morgan fingerprint density at radius 2 is 1.67 bits per heavy atom. The molecule has 3 aromatic carbocycles. The van der Waals surface area contributed by atoms with Gasteiger partial charge in [0.2, 0.25) is 0 Å². The lowest BCUT2D eigenvalue weighted by Gasteiger charge is -2.19. The van der Waals surface area contributed by atoms with Gasteiger partial charge in [-0.05, 0) is 46.9 Å². The number of benzene rings is 3. The predicted molar refractivity (Wildman–Crippen MR) is 115 cm³/mol. The van der Waals surface area contributed by atoms with Crippen LogP contribution in [-0.4, -0.2) is 4.98 Å². The maximum atomic E-state index is 5.99. The molecule has 0 fully saturated rings. The molecule has 2 nitrogen and oxygen atoms in total. The Bertz CT molecular complexity index is 1020. The van der Waals surface area contributed by atoms with Crippen molar-refractivity contribution in [3.63, 3.8) is 0 Å². The highest BCUT2D eigenvalue weighted by Gasteiger charge is 2.13. The molecule has 27 heavy (non-hydrogen) atoms. The molecule has 0 saturated carbocycles. The van der Waals surface area contributed by atoms with Gasteiger partial charge in [-0.1, -0.05) is 63.2 Å². The van der Waals surface area contributed by atoms with E-state index >= 15 is 0 Å². The highest BCUT2D eigenvalue weighted by Crippen LogP contribution is 2.30. The summed E-state index contributed by atoms with van der Waals surface area (Å²) in [5.41, 5.74) is 4.81. The summed E-state index contributed by atoms with van der Waals surface area (Å²) < 4.78 is 7.21. The second-order valence-corrected chi connectivity index (χ2v) is 8.78. The van der Waals surface area contributed by atoms with Gasteiger partial charge in [-0.25, -0.2) is 4.98 Å². The third-order valence-corrected chi connectivity index (χ3v) is 5.68. The van der Waals surface area contributed by atoms with Gasteiger partial charge < -0.3 is 4.74 Å². The molecule has 4 rings (SSSR count). The molecule has 0 N–H and O–H groups in total. The summed E-state index contributed by atoms with van der Waals surface area (Å²) in [6.07, 6.45) is 0. The average Bonchev–Trinajstić information content (AvgIpc) is 3.11. The van der Waals surface area contributed by atoms with Gasteiger partial charge in [0, 0.05) is 5.56 Å². The highest BCUT2D eigenvalue weighted by molar-refractivity contribution is 7.21. The van der Waals surface area contributed by atoms with Crippen LogP contribution in [0.3, 0.4) is 0 Å². The lowest BCUT2D eigenvalue weighted by molar-refractivity contribution is 0.306. The number of rotatable bonds is 4. The molecule has 4 aromatic rings. The summed E-state index contributed by atoms with van der Waals surface area (Å²) in [6, 6.07) is 25.1. The zero-order valence-corrected chi connectivity index (χ0v) is 16.7. The summed E-state index contributed by atoms with van der Waals surface area (Å²) in [5.74, 6) is 0.897. The van der Waals surface area contributed by atoms with E-state index < -0.39 is 0 Å². The largest absolute Gasteiger partial charge is 0.489 e. The minimum absolute atomic E-state index is 0.157. The summed E-state index contributed by atoms with van der Waals surface area (Å²) in [6.45, 7) is 7.21. The van der Waals surface area contributed by atoms with E-state index in [0.717, 1.165) is 27.4 Å². The molecule has 1 aromatic heterocycles. The molecule has 1 heterocycles. The van der Waals surface area contributed by atoms with E-state index in [4.69, 9.17) is 9.72 Å². The van der Waals surface area contributed by atoms with E-state index in [9.17, 15) is 0 Å². The van der Waals surface area contributed by atoms with Crippen molar-refractivity contribution in [3.05, 3.63) is 83.9 Å². The van der Waals surface area contributed by atoms with Gasteiger partial charge in [0.25, 0.3) is 0 Å². The Morgan fingerprint density at radius 3 is 2.41 bits per heavy atom. The van der Waals surface area contributed by atoms with Gasteiger partial charge in [-0.2, -0.15) is 0 Å². The van der Waals surface area contributed by atoms with Crippen molar-refractivity contribution in [2.24, 2.45) is 0 Å². The summed E-state index contributed by atoms with van der Waals surface area (Å²) in [5, 5.41) is 1.05. The van der Waals surface area contributed by atoms with Crippen molar-refractivity contribution < 1.29 is 4.74 Å². The smallest absolute Gasteiger partial charge is 0.124 e. The molecule has 0 bridgehead atoms. The third kappa shape index (κ3) is 4.04. The SMILES string of the molecule is CC(C)(C)c1ccc(OCc2cccc(-c3nc4ccccc4s3)c2)cc1. The minimum atomic E-state index is 0.157. The second kappa shape index (κ2) is 7.16. The molecule has 0 spiro atoms. The van der Waals surface area contributed by atoms with Gasteiger partial charge in [-0.3, -0.25) is 0 Å². The third-order valence-electron chi connectivity index (χ3n) is 4.59. The van der Waals surface area contributed by atoms with E-state index in [0.29, 0.717) is 6.61 Å². The Morgan fingerprint density at radius 1 is 0.889 bits per heavy atom. The normalized spacial score (nSPS) is 11.7. The lowest BCUT2D eigenvalue weighted by atomic mass is 9.87. The molecule has 0 amide bonds. The van der Waals surface area contributed by atoms with Crippen molar-refractivity contribution in [1.82, 2.24) is 4.98 Å². The number of nitrogens with zero attached hydrogens (tertiary/aromatic N) is 1. The fourth-order valence-electron chi connectivity index (χ4n) is 3.01. The van der Waals surface area contributed by atoms with Crippen LogP contribution in [-0.2, 0) is 12.0 Å². The number of para-hydroxylation sites is 1. The molecule has 0 aliphatic rings. The monoisotopic (exact) mass is 373 g/mol. The number of hydrogen-bond donors (Lipinski definition) is 0. The predicted octanol–water partition coefficient (Wildman–Crippen LogP) is 6.84. The first-order valence-electron chi connectivity index (χ1n) is 9.17. The molecule has 136 valence electrons. The van der Waals surface area contributed by atoms with Gasteiger partial charge in [0.1, 0.15) is 17.4 Å². The van der Waals surface area contributed by atoms with Crippen LogP contribution in [0.2, 0.25) is 0 Å². The van der Waals surface area contributed by atoms with Crippen LogP contribution in [0.4, 0.5) is 0 Å². The number of ether oxygens (including phenoxy) is 1. The zero-order valence-electron chi connectivity index (χ0n) is 15.9. The first-order valence-corrected chi connectivity index (χ1v) is 9.99. The van der Waals surface area contributed by atoms with E-state index in [1.54, 1.807) is 11.3 Å².